The van der Waals surface area contributed by atoms with Crippen LogP contribution in [0.4, 0.5) is 5.69 Å². The average molecular weight is 373 g/mol. The molecule has 1 aliphatic carbocycles. The molecular weight excluding hydrogens is 350 g/mol. The van der Waals surface area contributed by atoms with Crippen LogP contribution in [0.5, 0.6) is 0 Å². The standard InChI is InChI=1S/C19H23N3O3S/c1-13-5-2-6-14(11-13)20-17(24)12-26-18-15-7-3-8-16(15)22(9-4-10-23)19(25)21-18/h2,5-6,11,23H,3-4,7-10,12H2,1H3,(H,20,24). The number of aromatic nitrogens is 2. The number of hydrogen-bond donors (Lipinski definition) is 2. The van der Waals surface area contributed by atoms with Crippen LogP contribution in [0, 0.1) is 6.92 Å². The zero-order valence-corrected chi connectivity index (χ0v) is 15.6. The summed E-state index contributed by atoms with van der Waals surface area (Å²) in [6, 6.07) is 7.65. The Bertz CT molecular complexity index is 864. The minimum Gasteiger partial charge on any atom is -0.396 e. The predicted octanol–water partition coefficient (Wildman–Crippen LogP) is 2.15. The normalized spacial score (nSPS) is 12.8. The van der Waals surface area contributed by atoms with E-state index in [1.807, 2.05) is 31.2 Å². The van der Waals surface area contributed by atoms with Gasteiger partial charge in [-0.15, -0.1) is 0 Å². The van der Waals surface area contributed by atoms with Crippen molar-refractivity contribution in [2.75, 3.05) is 17.7 Å². The molecule has 7 heteroatoms. The van der Waals surface area contributed by atoms with Crippen molar-refractivity contribution in [3.05, 3.63) is 51.6 Å². The van der Waals surface area contributed by atoms with Crippen molar-refractivity contribution in [3.8, 4) is 0 Å². The first-order chi connectivity index (χ1) is 12.6. The number of benzene rings is 1. The number of nitrogens with zero attached hydrogens (tertiary/aromatic N) is 2. The number of thioether (sulfide) groups is 1. The molecule has 2 N–H and O–H groups in total. The summed E-state index contributed by atoms with van der Waals surface area (Å²) in [6.45, 7) is 2.52. The number of anilines is 1. The first-order valence-electron chi connectivity index (χ1n) is 8.81. The second-order valence-corrected chi connectivity index (χ2v) is 7.38. The summed E-state index contributed by atoms with van der Waals surface area (Å²) in [5, 5.41) is 12.6. The summed E-state index contributed by atoms with van der Waals surface area (Å²) in [7, 11) is 0. The topological polar surface area (TPSA) is 84.2 Å². The van der Waals surface area contributed by atoms with Crippen LogP contribution in [0.1, 0.15) is 29.7 Å². The highest BCUT2D eigenvalue weighted by Crippen LogP contribution is 2.29. The molecule has 0 saturated heterocycles. The molecule has 1 aromatic carbocycles. The Labute approximate surface area is 156 Å². The van der Waals surface area contributed by atoms with Gasteiger partial charge >= 0.3 is 5.69 Å². The number of aliphatic hydroxyl groups is 1. The maximum Gasteiger partial charge on any atom is 0.348 e. The number of nitrogens with one attached hydrogen (secondary N) is 1. The summed E-state index contributed by atoms with van der Waals surface area (Å²) in [5.41, 5.74) is 3.66. The number of amides is 1. The van der Waals surface area contributed by atoms with Crippen LogP contribution < -0.4 is 11.0 Å². The lowest BCUT2D eigenvalue weighted by atomic mass is 10.2. The van der Waals surface area contributed by atoms with Crippen LogP contribution in [0.15, 0.2) is 34.1 Å². The van der Waals surface area contributed by atoms with Gasteiger partial charge in [0.2, 0.25) is 5.91 Å². The van der Waals surface area contributed by atoms with Gasteiger partial charge in [0.15, 0.2) is 0 Å². The zero-order valence-electron chi connectivity index (χ0n) is 14.8. The molecule has 2 aromatic rings. The summed E-state index contributed by atoms with van der Waals surface area (Å²) in [5.74, 6) is 0.103. The van der Waals surface area contributed by atoms with Crippen molar-refractivity contribution < 1.29 is 9.90 Å². The molecule has 0 bridgehead atoms. The van der Waals surface area contributed by atoms with E-state index in [1.165, 1.54) is 11.8 Å². The lowest BCUT2D eigenvalue weighted by Crippen LogP contribution is -2.28. The van der Waals surface area contributed by atoms with Crippen LogP contribution in [0.3, 0.4) is 0 Å². The van der Waals surface area contributed by atoms with Gasteiger partial charge in [-0.1, -0.05) is 23.9 Å². The Morgan fingerprint density at radius 2 is 2.23 bits per heavy atom. The minimum absolute atomic E-state index is 0.0524. The van der Waals surface area contributed by atoms with Gasteiger partial charge in [-0.2, -0.15) is 4.98 Å². The van der Waals surface area contributed by atoms with Crippen molar-refractivity contribution in [1.82, 2.24) is 9.55 Å². The summed E-state index contributed by atoms with van der Waals surface area (Å²) >= 11 is 1.32. The molecule has 26 heavy (non-hydrogen) atoms. The van der Waals surface area contributed by atoms with Crippen LogP contribution in [-0.2, 0) is 24.2 Å². The van der Waals surface area contributed by atoms with E-state index in [2.05, 4.69) is 10.3 Å². The Morgan fingerprint density at radius 1 is 1.38 bits per heavy atom. The van der Waals surface area contributed by atoms with Crippen molar-refractivity contribution in [2.45, 2.75) is 44.2 Å². The number of fused-ring (bicyclic) bond motifs is 1. The van der Waals surface area contributed by atoms with E-state index >= 15 is 0 Å². The Balaban J connectivity index is 1.70. The molecule has 0 saturated carbocycles. The molecule has 1 amide bonds. The van der Waals surface area contributed by atoms with E-state index in [4.69, 9.17) is 5.11 Å². The summed E-state index contributed by atoms with van der Waals surface area (Å²) in [4.78, 5) is 28.8. The average Bonchev–Trinajstić information content (AvgIpc) is 3.09. The molecule has 1 aliphatic rings. The third-order valence-electron chi connectivity index (χ3n) is 4.38. The van der Waals surface area contributed by atoms with E-state index in [0.717, 1.165) is 41.8 Å². The Morgan fingerprint density at radius 3 is 3.00 bits per heavy atom. The second kappa shape index (κ2) is 8.51. The van der Waals surface area contributed by atoms with Gasteiger partial charge < -0.3 is 10.4 Å². The van der Waals surface area contributed by atoms with E-state index in [-0.39, 0.29) is 24.0 Å². The van der Waals surface area contributed by atoms with E-state index in [9.17, 15) is 9.59 Å². The van der Waals surface area contributed by atoms with Gasteiger partial charge in [-0.05, 0) is 50.3 Å². The fourth-order valence-electron chi connectivity index (χ4n) is 3.22. The van der Waals surface area contributed by atoms with Crippen LogP contribution >= 0.6 is 11.8 Å². The zero-order chi connectivity index (χ0) is 18.5. The number of aliphatic hydroxyl groups excluding tert-OH is 1. The first kappa shape index (κ1) is 18.7. The molecular formula is C19H23N3O3S. The molecule has 0 aliphatic heterocycles. The molecule has 0 atom stereocenters. The van der Waals surface area contributed by atoms with Gasteiger partial charge in [-0.3, -0.25) is 9.36 Å². The number of carbonyl (C=O) groups is 1. The molecule has 1 heterocycles. The van der Waals surface area contributed by atoms with Gasteiger partial charge in [0, 0.05) is 30.1 Å². The maximum atomic E-state index is 12.3. The highest BCUT2D eigenvalue weighted by atomic mass is 32.2. The lowest BCUT2D eigenvalue weighted by Gasteiger charge is -2.13. The third kappa shape index (κ3) is 4.34. The van der Waals surface area contributed by atoms with Gasteiger partial charge in [-0.25, -0.2) is 4.79 Å². The molecule has 6 nitrogen and oxygen atoms in total. The van der Waals surface area contributed by atoms with Crippen molar-refractivity contribution in [1.29, 1.82) is 0 Å². The SMILES string of the molecule is Cc1cccc(NC(=O)CSc2nc(=O)n(CCCO)c3c2CCC3)c1. The monoisotopic (exact) mass is 373 g/mol. The number of rotatable bonds is 7. The van der Waals surface area contributed by atoms with Crippen molar-refractivity contribution in [3.63, 3.8) is 0 Å². The van der Waals surface area contributed by atoms with Crippen LogP contribution in [0.25, 0.3) is 0 Å². The Hall–Kier alpha value is -2.12. The van der Waals surface area contributed by atoms with Crippen molar-refractivity contribution in [2.24, 2.45) is 0 Å². The van der Waals surface area contributed by atoms with Gasteiger partial charge in [0.05, 0.1) is 5.75 Å². The molecule has 3 rings (SSSR count). The summed E-state index contributed by atoms with van der Waals surface area (Å²) in [6.07, 6.45) is 3.26. The summed E-state index contributed by atoms with van der Waals surface area (Å²) < 4.78 is 1.68. The highest BCUT2D eigenvalue weighted by molar-refractivity contribution is 8.00. The Kier molecular flexibility index (Phi) is 6.11. The molecule has 1 aromatic heterocycles. The smallest absolute Gasteiger partial charge is 0.348 e. The quantitative estimate of drug-likeness (QED) is 0.574. The number of hydrogen-bond acceptors (Lipinski definition) is 5. The number of aryl methyl sites for hydroxylation is 1. The van der Waals surface area contributed by atoms with Gasteiger partial charge in [0.1, 0.15) is 5.03 Å². The molecule has 0 unspecified atom stereocenters. The predicted molar refractivity (Wildman–Crippen MR) is 103 cm³/mol. The maximum absolute atomic E-state index is 12.3. The van der Waals surface area contributed by atoms with Crippen LogP contribution in [0.2, 0.25) is 0 Å². The minimum atomic E-state index is -0.291. The second-order valence-electron chi connectivity index (χ2n) is 6.41. The fraction of sp³-hybridized carbons (Fsp3) is 0.421. The largest absolute Gasteiger partial charge is 0.396 e. The third-order valence-corrected chi connectivity index (χ3v) is 5.40. The first-order valence-corrected chi connectivity index (χ1v) is 9.80. The number of carbonyl (C=O) groups excluding carboxylic acids is 1. The van der Waals surface area contributed by atoms with E-state index in [1.54, 1.807) is 4.57 Å². The molecule has 0 fully saturated rings. The lowest BCUT2D eigenvalue weighted by molar-refractivity contribution is -0.113. The van der Waals surface area contributed by atoms with Crippen LogP contribution in [-0.4, -0.2) is 32.9 Å². The molecule has 0 radical (unpaired) electrons. The van der Waals surface area contributed by atoms with Gasteiger partial charge in [0.25, 0.3) is 0 Å². The van der Waals surface area contributed by atoms with Crippen molar-refractivity contribution >= 4 is 23.4 Å². The molecule has 0 spiro atoms. The van der Waals surface area contributed by atoms with E-state index in [0.29, 0.717) is 18.0 Å². The fourth-order valence-corrected chi connectivity index (χ4v) is 4.10. The highest BCUT2D eigenvalue weighted by Gasteiger charge is 2.22. The van der Waals surface area contributed by atoms with E-state index < -0.39 is 0 Å². The molecule has 138 valence electrons.